The Morgan fingerprint density at radius 2 is 1.62 bits per heavy atom. The van der Waals surface area contributed by atoms with E-state index in [0.717, 1.165) is 17.7 Å². The van der Waals surface area contributed by atoms with Gasteiger partial charge in [-0.2, -0.15) is 0 Å². The molecule has 0 bridgehead atoms. The fourth-order valence-corrected chi connectivity index (χ4v) is 2.47. The van der Waals surface area contributed by atoms with Crippen LogP contribution in [0.15, 0.2) is 42.5 Å². The highest BCUT2D eigenvalue weighted by atomic mass is 16.5. The number of hydrogen-bond acceptors (Lipinski definition) is 4. The molecule has 0 heterocycles. The highest BCUT2D eigenvalue weighted by Crippen LogP contribution is 2.31. The molecule has 0 fully saturated rings. The van der Waals surface area contributed by atoms with Crippen LogP contribution in [0.1, 0.15) is 35.3 Å². The lowest BCUT2D eigenvalue weighted by Crippen LogP contribution is -2.28. The van der Waals surface area contributed by atoms with Crippen LogP contribution in [0.25, 0.3) is 0 Å². The average molecular weight is 329 g/mol. The molecule has 0 saturated carbocycles. The number of benzene rings is 2. The summed E-state index contributed by atoms with van der Waals surface area (Å²) < 4.78 is 15.7. The highest BCUT2D eigenvalue weighted by Gasteiger charge is 2.16. The molecule has 1 atom stereocenters. The van der Waals surface area contributed by atoms with Gasteiger partial charge in [0.2, 0.25) is 0 Å². The Bertz CT molecular complexity index is 682. The normalized spacial score (nSPS) is 11.5. The van der Waals surface area contributed by atoms with Crippen LogP contribution in [-0.2, 0) is 0 Å². The molecular weight excluding hydrogens is 306 g/mol. The van der Waals surface area contributed by atoms with E-state index in [1.807, 2.05) is 25.1 Å². The van der Waals surface area contributed by atoms with Crippen LogP contribution in [-0.4, -0.2) is 27.2 Å². The molecule has 128 valence electrons. The minimum Gasteiger partial charge on any atom is -0.497 e. The van der Waals surface area contributed by atoms with Gasteiger partial charge in [-0.3, -0.25) is 4.79 Å². The lowest BCUT2D eigenvalue weighted by atomic mass is 10.0. The standard InChI is InChI=1S/C19H23NO4/c1-5-16(14-8-11-17(23-3)18(12-14)24-4)20-19(21)13-6-9-15(22-2)10-7-13/h6-12,16H,5H2,1-4H3,(H,20,21)/t16-/m1/s1. The van der Waals surface area contributed by atoms with Crippen molar-refractivity contribution in [3.63, 3.8) is 0 Å². The summed E-state index contributed by atoms with van der Waals surface area (Å²) in [6.45, 7) is 2.02. The largest absolute Gasteiger partial charge is 0.497 e. The zero-order valence-electron chi connectivity index (χ0n) is 14.5. The van der Waals surface area contributed by atoms with Gasteiger partial charge in [-0.1, -0.05) is 13.0 Å². The molecule has 0 aliphatic carbocycles. The predicted molar refractivity (Wildman–Crippen MR) is 93.0 cm³/mol. The number of nitrogens with one attached hydrogen (secondary N) is 1. The Morgan fingerprint density at radius 1 is 0.958 bits per heavy atom. The molecule has 0 radical (unpaired) electrons. The summed E-state index contributed by atoms with van der Waals surface area (Å²) in [4.78, 5) is 12.5. The third-order valence-electron chi connectivity index (χ3n) is 3.88. The van der Waals surface area contributed by atoms with Crippen molar-refractivity contribution in [2.45, 2.75) is 19.4 Å². The highest BCUT2D eigenvalue weighted by molar-refractivity contribution is 5.94. The summed E-state index contributed by atoms with van der Waals surface area (Å²) in [6.07, 6.45) is 0.761. The van der Waals surface area contributed by atoms with Crippen LogP contribution in [0.4, 0.5) is 0 Å². The van der Waals surface area contributed by atoms with Crippen LogP contribution in [0.3, 0.4) is 0 Å². The second-order valence-electron chi connectivity index (χ2n) is 5.28. The van der Waals surface area contributed by atoms with Crippen LogP contribution >= 0.6 is 0 Å². The summed E-state index contributed by atoms with van der Waals surface area (Å²) in [6, 6.07) is 12.6. The lowest BCUT2D eigenvalue weighted by molar-refractivity contribution is 0.0935. The first-order valence-electron chi connectivity index (χ1n) is 7.79. The second kappa shape index (κ2) is 8.24. The minimum absolute atomic E-state index is 0.112. The van der Waals surface area contributed by atoms with Crippen molar-refractivity contribution < 1.29 is 19.0 Å². The molecule has 24 heavy (non-hydrogen) atoms. The van der Waals surface area contributed by atoms with Crippen molar-refractivity contribution in [1.29, 1.82) is 0 Å². The second-order valence-corrected chi connectivity index (χ2v) is 5.28. The summed E-state index contributed by atoms with van der Waals surface area (Å²) in [7, 11) is 4.79. The smallest absolute Gasteiger partial charge is 0.251 e. The van der Waals surface area contributed by atoms with Crippen molar-refractivity contribution in [3.05, 3.63) is 53.6 Å². The number of carbonyl (C=O) groups excluding carboxylic acids is 1. The van der Waals surface area contributed by atoms with Crippen molar-refractivity contribution in [2.75, 3.05) is 21.3 Å². The molecule has 0 saturated heterocycles. The Balaban J connectivity index is 2.17. The SMILES string of the molecule is CC[C@@H](NC(=O)c1ccc(OC)cc1)c1ccc(OC)c(OC)c1. The number of hydrogen-bond donors (Lipinski definition) is 1. The molecular formula is C19H23NO4. The zero-order chi connectivity index (χ0) is 17.5. The van der Waals surface area contributed by atoms with E-state index in [-0.39, 0.29) is 11.9 Å². The number of methoxy groups -OCH3 is 3. The first kappa shape index (κ1) is 17.7. The molecule has 1 N–H and O–H groups in total. The Hall–Kier alpha value is -2.69. The molecule has 2 aromatic carbocycles. The van der Waals surface area contributed by atoms with Gasteiger partial charge in [0.25, 0.3) is 5.91 Å². The maximum absolute atomic E-state index is 12.5. The van der Waals surface area contributed by atoms with Crippen molar-refractivity contribution in [2.24, 2.45) is 0 Å². The van der Waals surface area contributed by atoms with Crippen LogP contribution in [0.5, 0.6) is 17.2 Å². The average Bonchev–Trinajstić information content (AvgIpc) is 2.65. The van der Waals surface area contributed by atoms with E-state index in [2.05, 4.69) is 5.32 Å². The Kier molecular flexibility index (Phi) is 6.07. The molecule has 2 aromatic rings. The molecule has 5 nitrogen and oxygen atoms in total. The summed E-state index contributed by atoms with van der Waals surface area (Å²) in [5, 5.41) is 3.05. The van der Waals surface area contributed by atoms with Gasteiger partial charge >= 0.3 is 0 Å². The van der Waals surface area contributed by atoms with Gasteiger partial charge in [0.1, 0.15) is 5.75 Å². The van der Waals surface area contributed by atoms with Gasteiger partial charge in [0.15, 0.2) is 11.5 Å². The number of amides is 1. The molecule has 0 spiro atoms. The molecule has 0 aliphatic heterocycles. The topological polar surface area (TPSA) is 56.8 Å². The van der Waals surface area contributed by atoms with Gasteiger partial charge in [0.05, 0.1) is 27.4 Å². The van der Waals surface area contributed by atoms with E-state index in [1.54, 1.807) is 45.6 Å². The predicted octanol–water partition coefficient (Wildman–Crippen LogP) is 3.59. The van der Waals surface area contributed by atoms with E-state index in [1.165, 1.54) is 0 Å². The first-order valence-corrected chi connectivity index (χ1v) is 7.79. The van der Waals surface area contributed by atoms with Crippen molar-refractivity contribution in [3.8, 4) is 17.2 Å². The van der Waals surface area contributed by atoms with Crippen LogP contribution in [0, 0.1) is 0 Å². The van der Waals surface area contributed by atoms with Gasteiger partial charge in [-0.05, 0) is 48.4 Å². The van der Waals surface area contributed by atoms with Gasteiger partial charge in [-0.25, -0.2) is 0 Å². The van der Waals surface area contributed by atoms with Crippen molar-refractivity contribution in [1.82, 2.24) is 5.32 Å². The number of ether oxygens (including phenoxy) is 3. The van der Waals surface area contributed by atoms with E-state index in [9.17, 15) is 4.79 Å². The van der Waals surface area contributed by atoms with E-state index in [4.69, 9.17) is 14.2 Å². The minimum atomic E-state index is -0.126. The van der Waals surface area contributed by atoms with Crippen LogP contribution in [0.2, 0.25) is 0 Å². The first-order chi connectivity index (χ1) is 11.6. The van der Waals surface area contributed by atoms with Crippen molar-refractivity contribution >= 4 is 5.91 Å². The number of rotatable bonds is 7. The maximum Gasteiger partial charge on any atom is 0.251 e. The molecule has 0 unspecified atom stereocenters. The van der Waals surface area contributed by atoms with E-state index in [0.29, 0.717) is 17.1 Å². The monoisotopic (exact) mass is 329 g/mol. The third kappa shape index (κ3) is 3.98. The Labute approximate surface area is 142 Å². The lowest BCUT2D eigenvalue weighted by Gasteiger charge is -2.19. The summed E-state index contributed by atoms with van der Waals surface area (Å²) in [5.74, 6) is 1.91. The van der Waals surface area contributed by atoms with E-state index >= 15 is 0 Å². The molecule has 0 aromatic heterocycles. The van der Waals surface area contributed by atoms with Gasteiger partial charge < -0.3 is 19.5 Å². The molecule has 1 amide bonds. The molecule has 0 aliphatic rings. The fourth-order valence-electron chi connectivity index (χ4n) is 2.47. The van der Waals surface area contributed by atoms with Gasteiger partial charge in [-0.15, -0.1) is 0 Å². The zero-order valence-corrected chi connectivity index (χ0v) is 14.5. The third-order valence-corrected chi connectivity index (χ3v) is 3.88. The van der Waals surface area contributed by atoms with E-state index < -0.39 is 0 Å². The van der Waals surface area contributed by atoms with Crippen LogP contribution < -0.4 is 19.5 Å². The Morgan fingerprint density at radius 3 is 2.17 bits per heavy atom. The fraction of sp³-hybridized carbons (Fsp3) is 0.316. The molecule has 5 heteroatoms. The quantitative estimate of drug-likeness (QED) is 0.843. The number of carbonyl (C=O) groups is 1. The van der Waals surface area contributed by atoms with Gasteiger partial charge in [0, 0.05) is 5.56 Å². The molecule has 2 rings (SSSR count). The maximum atomic E-state index is 12.5. The summed E-state index contributed by atoms with van der Waals surface area (Å²) >= 11 is 0. The summed E-state index contributed by atoms with van der Waals surface area (Å²) in [5.41, 5.74) is 1.56.